The largest absolute Gasteiger partial charge is 0.461 e. The fourth-order valence-electron chi connectivity index (χ4n) is 1.84. The van der Waals surface area contributed by atoms with Gasteiger partial charge in [-0.1, -0.05) is 18.2 Å². The van der Waals surface area contributed by atoms with E-state index >= 15 is 0 Å². The maximum Gasteiger partial charge on any atom is 0.357 e. The molecule has 0 N–H and O–H groups in total. The number of nitrogens with zero attached hydrogens (tertiary/aromatic N) is 1. The normalized spacial score (nSPS) is 10.8. The van der Waals surface area contributed by atoms with E-state index in [0.717, 1.165) is 10.6 Å². The Morgan fingerprint density at radius 2 is 2.11 bits per heavy atom. The third-order valence-corrected chi connectivity index (χ3v) is 4.54. The van der Waals surface area contributed by atoms with Crippen LogP contribution in [0.3, 0.4) is 0 Å². The average molecular weight is 289 g/mol. The Morgan fingerprint density at radius 1 is 1.26 bits per heavy atom. The number of hydrogen-bond acceptors (Lipinski definition) is 5. The van der Waals surface area contributed by atoms with Gasteiger partial charge in [0.1, 0.15) is 5.01 Å². The highest BCUT2D eigenvalue weighted by atomic mass is 32.1. The molecule has 1 aromatic carbocycles. The van der Waals surface area contributed by atoms with Crippen molar-refractivity contribution in [1.29, 1.82) is 0 Å². The zero-order chi connectivity index (χ0) is 13.2. The van der Waals surface area contributed by atoms with Gasteiger partial charge in [-0.25, -0.2) is 9.78 Å². The standard InChI is InChI=1S/C14H11NO2S2/c1-2-17-14(16)11-8-19-13(15-11)10-7-18-12-6-4-3-5-9(10)12/h3-8H,2H2,1H3. The van der Waals surface area contributed by atoms with Crippen molar-refractivity contribution in [3.8, 4) is 10.6 Å². The molecule has 96 valence electrons. The lowest BCUT2D eigenvalue weighted by Crippen LogP contribution is -2.04. The summed E-state index contributed by atoms with van der Waals surface area (Å²) in [6.07, 6.45) is 0. The minimum absolute atomic E-state index is 0.357. The summed E-state index contributed by atoms with van der Waals surface area (Å²) in [5.74, 6) is -0.357. The zero-order valence-electron chi connectivity index (χ0n) is 10.3. The van der Waals surface area contributed by atoms with Gasteiger partial charge in [-0.3, -0.25) is 0 Å². The van der Waals surface area contributed by atoms with E-state index in [2.05, 4.69) is 22.5 Å². The Kier molecular flexibility index (Phi) is 3.31. The highest BCUT2D eigenvalue weighted by Gasteiger charge is 2.14. The average Bonchev–Trinajstić information content (AvgIpc) is 3.05. The number of esters is 1. The number of carbonyl (C=O) groups excluding carboxylic acids is 1. The highest BCUT2D eigenvalue weighted by molar-refractivity contribution is 7.18. The number of benzene rings is 1. The van der Waals surface area contributed by atoms with Gasteiger partial charge in [0, 0.05) is 26.4 Å². The Bertz CT molecular complexity index is 730. The minimum atomic E-state index is -0.357. The van der Waals surface area contributed by atoms with E-state index in [0.29, 0.717) is 12.3 Å². The van der Waals surface area contributed by atoms with Crippen LogP contribution in [-0.4, -0.2) is 17.6 Å². The molecule has 19 heavy (non-hydrogen) atoms. The Balaban J connectivity index is 2.01. The Labute approximate surface area is 118 Å². The molecule has 3 aromatic rings. The summed E-state index contributed by atoms with van der Waals surface area (Å²) in [4.78, 5) is 16.0. The van der Waals surface area contributed by atoms with Crippen LogP contribution < -0.4 is 0 Å². The van der Waals surface area contributed by atoms with Crippen LogP contribution in [0.5, 0.6) is 0 Å². The van der Waals surface area contributed by atoms with Gasteiger partial charge in [0.2, 0.25) is 0 Å². The summed E-state index contributed by atoms with van der Waals surface area (Å²) < 4.78 is 6.18. The molecule has 3 rings (SSSR count). The van der Waals surface area contributed by atoms with E-state index in [1.165, 1.54) is 21.4 Å². The number of aromatic nitrogens is 1. The van der Waals surface area contributed by atoms with Crippen LogP contribution in [-0.2, 0) is 4.74 Å². The first kappa shape index (κ1) is 12.3. The molecule has 0 aliphatic rings. The third kappa shape index (κ3) is 2.27. The van der Waals surface area contributed by atoms with Crippen molar-refractivity contribution in [3.63, 3.8) is 0 Å². The second kappa shape index (κ2) is 5.11. The van der Waals surface area contributed by atoms with E-state index in [1.54, 1.807) is 23.6 Å². The van der Waals surface area contributed by atoms with Crippen LogP contribution in [0.2, 0.25) is 0 Å². The molecular weight excluding hydrogens is 278 g/mol. The predicted molar refractivity (Wildman–Crippen MR) is 78.9 cm³/mol. The molecule has 0 amide bonds. The number of rotatable bonds is 3. The van der Waals surface area contributed by atoms with E-state index in [4.69, 9.17) is 4.74 Å². The lowest BCUT2D eigenvalue weighted by molar-refractivity contribution is 0.0520. The molecule has 3 nitrogen and oxygen atoms in total. The fourth-order valence-corrected chi connectivity index (χ4v) is 3.68. The first-order valence-corrected chi connectivity index (χ1v) is 7.64. The number of thiophene rings is 1. The van der Waals surface area contributed by atoms with Gasteiger partial charge in [0.05, 0.1) is 6.61 Å². The van der Waals surface area contributed by atoms with Crippen LogP contribution in [0.15, 0.2) is 35.0 Å². The lowest BCUT2D eigenvalue weighted by Gasteiger charge is -1.96. The molecule has 0 spiro atoms. The number of carbonyl (C=O) groups is 1. The predicted octanol–water partition coefficient (Wildman–Crippen LogP) is 4.20. The lowest BCUT2D eigenvalue weighted by atomic mass is 10.2. The van der Waals surface area contributed by atoms with E-state index < -0.39 is 0 Å². The Hall–Kier alpha value is -1.72. The van der Waals surface area contributed by atoms with E-state index in [-0.39, 0.29) is 5.97 Å². The summed E-state index contributed by atoms with van der Waals surface area (Å²) in [6, 6.07) is 8.20. The molecule has 0 aliphatic heterocycles. The van der Waals surface area contributed by atoms with Gasteiger partial charge < -0.3 is 4.74 Å². The molecule has 0 fully saturated rings. The molecule has 0 radical (unpaired) electrons. The molecule has 0 saturated carbocycles. The van der Waals surface area contributed by atoms with Crippen LogP contribution in [0.4, 0.5) is 0 Å². The van der Waals surface area contributed by atoms with E-state index in [9.17, 15) is 4.79 Å². The minimum Gasteiger partial charge on any atom is -0.461 e. The van der Waals surface area contributed by atoms with Gasteiger partial charge >= 0.3 is 5.97 Å². The van der Waals surface area contributed by atoms with E-state index in [1.807, 2.05) is 12.1 Å². The second-order valence-corrected chi connectivity index (χ2v) is 5.67. The van der Waals surface area contributed by atoms with Crippen molar-refractivity contribution in [2.75, 3.05) is 6.61 Å². The summed E-state index contributed by atoms with van der Waals surface area (Å²) in [5, 5.41) is 5.87. The molecule has 0 unspecified atom stereocenters. The van der Waals surface area contributed by atoms with Crippen molar-refractivity contribution >= 4 is 38.7 Å². The maximum atomic E-state index is 11.6. The van der Waals surface area contributed by atoms with Crippen LogP contribution in [0, 0.1) is 0 Å². The molecule has 0 bridgehead atoms. The van der Waals surface area contributed by atoms with Crippen LogP contribution in [0.1, 0.15) is 17.4 Å². The molecule has 5 heteroatoms. The molecule has 0 atom stereocenters. The first-order valence-electron chi connectivity index (χ1n) is 5.89. The summed E-state index contributed by atoms with van der Waals surface area (Å²) >= 11 is 3.16. The van der Waals surface area contributed by atoms with Crippen molar-refractivity contribution in [1.82, 2.24) is 4.98 Å². The quantitative estimate of drug-likeness (QED) is 0.678. The number of hydrogen-bond donors (Lipinski definition) is 0. The first-order chi connectivity index (χ1) is 9.29. The van der Waals surface area contributed by atoms with Gasteiger partial charge in [0.25, 0.3) is 0 Å². The fraction of sp³-hybridized carbons (Fsp3) is 0.143. The highest BCUT2D eigenvalue weighted by Crippen LogP contribution is 2.35. The van der Waals surface area contributed by atoms with Crippen LogP contribution >= 0.6 is 22.7 Å². The van der Waals surface area contributed by atoms with Gasteiger partial charge in [-0.15, -0.1) is 22.7 Å². The van der Waals surface area contributed by atoms with Crippen molar-refractivity contribution in [2.24, 2.45) is 0 Å². The van der Waals surface area contributed by atoms with Gasteiger partial charge in [0.15, 0.2) is 5.69 Å². The number of thiazole rings is 1. The maximum absolute atomic E-state index is 11.6. The molecule has 2 aromatic heterocycles. The second-order valence-electron chi connectivity index (χ2n) is 3.90. The smallest absolute Gasteiger partial charge is 0.357 e. The van der Waals surface area contributed by atoms with Crippen molar-refractivity contribution < 1.29 is 9.53 Å². The molecule has 0 saturated heterocycles. The van der Waals surface area contributed by atoms with Gasteiger partial charge in [-0.2, -0.15) is 0 Å². The monoisotopic (exact) mass is 289 g/mol. The van der Waals surface area contributed by atoms with Crippen molar-refractivity contribution in [3.05, 3.63) is 40.7 Å². The van der Waals surface area contributed by atoms with Gasteiger partial charge in [-0.05, 0) is 13.0 Å². The third-order valence-electron chi connectivity index (χ3n) is 2.70. The molecular formula is C14H11NO2S2. The SMILES string of the molecule is CCOC(=O)c1csc(-c2csc3ccccc23)n1. The number of fused-ring (bicyclic) bond motifs is 1. The molecule has 0 aliphatic carbocycles. The Morgan fingerprint density at radius 3 is 2.95 bits per heavy atom. The zero-order valence-corrected chi connectivity index (χ0v) is 11.9. The number of ether oxygens (including phenoxy) is 1. The summed E-state index contributed by atoms with van der Waals surface area (Å²) in [7, 11) is 0. The molecule has 2 heterocycles. The van der Waals surface area contributed by atoms with Crippen LogP contribution in [0.25, 0.3) is 20.7 Å². The topological polar surface area (TPSA) is 39.2 Å². The van der Waals surface area contributed by atoms with Crippen molar-refractivity contribution in [2.45, 2.75) is 6.92 Å². The summed E-state index contributed by atoms with van der Waals surface area (Å²) in [6.45, 7) is 2.16. The summed E-state index contributed by atoms with van der Waals surface area (Å²) in [5.41, 5.74) is 1.47.